The quantitative estimate of drug-likeness (QED) is 0.209. The molecular formula is C34H42N6O2. The molecule has 0 aliphatic heterocycles. The number of aromatic nitrogens is 4. The average Bonchev–Trinajstić information content (AvgIpc) is 3.05. The highest BCUT2D eigenvalue weighted by Crippen LogP contribution is 2.36. The van der Waals surface area contributed by atoms with Crippen molar-refractivity contribution in [2.24, 2.45) is 23.5 Å². The number of hydrogen-bond donors (Lipinski definition) is 3. The number of ether oxygens (including phenoxy) is 1. The molecule has 0 spiro atoms. The molecule has 4 N–H and O–H groups in total. The van der Waals surface area contributed by atoms with Gasteiger partial charge in [0.05, 0.1) is 6.61 Å². The molecule has 220 valence electrons. The van der Waals surface area contributed by atoms with Crippen LogP contribution in [0.5, 0.6) is 0 Å². The number of benzene rings is 2. The lowest BCUT2D eigenvalue weighted by Crippen LogP contribution is -2.24. The Labute approximate surface area is 249 Å². The fourth-order valence-corrected chi connectivity index (χ4v) is 6.01. The molecule has 6 rings (SSSR count). The summed E-state index contributed by atoms with van der Waals surface area (Å²) in [6, 6.07) is 12.8. The molecule has 2 heterocycles. The highest BCUT2D eigenvalue weighted by atomic mass is 16.5. The minimum atomic E-state index is -0.203. The summed E-state index contributed by atoms with van der Waals surface area (Å²) in [4.78, 5) is 16.5. The first-order valence-electron chi connectivity index (χ1n) is 14.6. The molecule has 2 aromatic heterocycles. The van der Waals surface area contributed by atoms with E-state index in [9.17, 15) is 0 Å². The van der Waals surface area contributed by atoms with Crippen LogP contribution in [-0.4, -0.2) is 44.8 Å². The molecule has 4 aromatic rings. The Morgan fingerprint density at radius 2 is 1.33 bits per heavy atom. The van der Waals surface area contributed by atoms with Gasteiger partial charge in [-0.3, -0.25) is 5.41 Å². The van der Waals surface area contributed by atoms with Crippen LogP contribution in [0, 0.1) is 23.2 Å². The van der Waals surface area contributed by atoms with Crippen molar-refractivity contribution in [3.8, 4) is 22.3 Å². The first-order valence-corrected chi connectivity index (χ1v) is 14.6. The van der Waals surface area contributed by atoms with E-state index < -0.39 is 0 Å². The number of rotatable bonds is 5. The van der Waals surface area contributed by atoms with E-state index in [0.717, 1.165) is 49.3 Å². The van der Waals surface area contributed by atoms with E-state index in [4.69, 9.17) is 21.0 Å². The summed E-state index contributed by atoms with van der Waals surface area (Å²) in [5.74, 6) is 1.96. The molecule has 42 heavy (non-hydrogen) atoms. The van der Waals surface area contributed by atoms with Gasteiger partial charge in [0.2, 0.25) is 0 Å². The van der Waals surface area contributed by atoms with Crippen molar-refractivity contribution in [2.75, 3.05) is 13.7 Å². The van der Waals surface area contributed by atoms with Crippen molar-refractivity contribution in [2.45, 2.75) is 52.4 Å². The molecule has 2 aromatic carbocycles. The van der Waals surface area contributed by atoms with Gasteiger partial charge in [-0.05, 0) is 89.7 Å². The molecule has 0 radical (unpaired) electrons. The molecule has 0 amide bonds. The summed E-state index contributed by atoms with van der Waals surface area (Å²) in [5.41, 5.74) is 15.7. The van der Waals surface area contributed by atoms with E-state index in [1.54, 1.807) is 12.7 Å². The van der Waals surface area contributed by atoms with E-state index >= 15 is 0 Å². The van der Waals surface area contributed by atoms with Gasteiger partial charge in [0.1, 0.15) is 12.7 Å². The second-order valence-corrected chi connectivity index (χ2v) is 11.2. The number of hydrogen-bond acceptors (Lipinski definition) is 7. The van der Waals surface area contributed by atoms with Gasteiger partial charge in [-0.1, -0.05) is 50.2 Å². The number of aryl methyl sites for hydroxylation is 2. The van der Waals surface area contributed by atoms with Crippen LogP contribution < -0.4 is 5.73 Å². The van der Waals surface area contributed by atoms with Crippen LogP contribution in [0.2, 0.25) is 0 Å². The predicted octanol–water partition coefficient (Wildman–Crippen LogP) is 5.67. The standard InChI is InChI=1S/C17H20N2.C16H18N4O.CH4O/c1-12(2)14-7-6-13-4-3-5-16(17(13)8-14)15-9-18-11-19-10-15;17-16(18)21-9-11-4-5-12-2-1-3-14(15(12)6-11)13-7-19-10-20-8-13;1-2/h3-5,9-12,14H,6-8H2,1-2H3;1-3,7-8,10-11H,4-6,9H2,(H3,17,18);2H,1H3. The van der Waals surface area contributed by atoms with Gasteiger partial charge in [0.15, 0.2) is 0 Å². The van der Waals surface area contributed by atoms with Gasteiger partial charge < -0.3 is 15.6 Å². The lowest BCUT2D eigenvalue weighted by atomic mass is 9.76. The molecule has 2 unspecified atom stereocenters. The van der Waals surface area contributed by atoms with Gasteiger partial charge in [-0.2, -0.15) is 0 Å². The minimum absolute atomic E-state index is 0.203. The molecule has 2 aliphatic carbocycles. The van der Waals surface area contributed by atoms with Crippen LogP contribution in [-0.2, 0) is 30.4 Å². The Balaban J connectivity index is 0.000000183. The second kappa shape index (κ2) is 15.2. The predicted molar refractivity (Wildman–Crippen MR) is 167 cm³/mol. The SMILES string of the molecule is CC(C)C1CCc2cccc(-c3cncnc3)c2C1.CO.N=C(N)OCC1CCc2cccc(-c3cncnc3)c2C1. The van der Waals surface area contributed by atoms with Crippen LogP contribution in [0.25, 0.3) is 22.3 Å². The summed E-state index contributed by atoms with van der Waals surface area (Å²) >= 11 is 0. The minimum Gasteiger partial charge on any atom is -0.465 e. The Hall–Kier alpha value is -4.17. The fraction of sp³-hybridized carbons (Fsp3) is 0.382. The molecular weight excluding hydrogens is 524 g/mol. The molecule has 0 saturated heterocycles. The van der Waals surface area contributed by atoms with Gasteiger partial charge in [0, 0.05) is 43.0 Å². The van der Waals surface area contributed by atoms with Crippen molar-refractivity contribution in [3.63, 3.8) is 0 Å². The summed E-state index contributed by atoms with van der Waals surface area (Å²) in [5, 5.41) is 14.2. The smallest absolute Gasteiger partial charge is 0.279 e. The Bertz CT molecular complexity index is 1430. The topological polar surface area (TPSA) is 131 Å². The number of nitrogens with zero attached hydrogens (tertiary/aromatic N) is 4. The summed E-state index contributed by atoms with van der Waals surface area (Å²) in [6.45, 7) is 5.18. The highest BCUT2D eigenvalue weighted by molar-refractivity contribution is 5.69. The number of aliphatic hydroxyl groups is 1. The van der Waals surface area contributed by atoms with Crippen LogP contribution in [0.1, 0.15) is 48.9 Å². The summed E-state index contributed by atoms with van der Waals surface area (Å²) in [6.07, 6.45) is 17.4. The summed E-state index contributed by atoms with van der Waals surface area (Å²) < 4.78 is 5.18. The van der Waals surface area contributed by atoms with Crippen molar-refractivity contribution in [1.29, 1.82) is 5.41 Å². The van der Waals surface area contributed by atoms with Crippen LogP contribution in [0.15, 0.2) is 73.8 Å². The normalized spacial score (nSPS) is 17.0. The maximum absolute atomic E-state index is 7.17. The molecule has 0 bridgehead atoms. The molecule has 8 nitrogen and oxygen atoms in total. The third-order valence-electron chi connectivity index (χ3n) is 8.27. The second-order valence-electron chi connectivity index (χ2n) is 11.2. The first-order chi connectivity index (χ1) is 20.5. The van der Waals surface area contributed by atoms with Gasteiger partial charge in [-0.25, -0.2) is 19.9 Å². The van der Waals surface area contributed by atoms with E-state index in [1.165, 1.54) is 52.6 Å². The van der Waals surface area contributed by atoms with Gasteiger partial charge >= 0.3 is 0 Å². The largest absolute Gasteiger partial charge is 0.465 e. The van der Waals surface area contributed by atoms with Crippen molar-refractivity contribution >= 4 is 6.02 Å². The van der Waals surface area contributed by atoms with Crippen molar-refractivity contribution in [3.05, 3.63) is 96.1 Å². The number of aliphatic hydroxyl groups excluding tert-OH is 1. The summed E-state index contributed by atoms with van der Waals surface area (Å²) in [7, 11) is 1.00. The third kappa shape index (κ3) is 7.76. The van der Waals surface area contributed by atoms with Crippen molar-refractivity contribution in [1.82, 2.24) is 19.9 Å². The Kier molecular flexibility index (Phi) is 11.1. The monoisotopic (exact) mass is 566 g/mol. The zero-order valence-electron chi connectivity index (χ0n) is 24.8. The third-order valence-corrected chi connectivity index (χ3v) is 8.27. The maximum atomic E-state index is 7.17. The van der Waals surface area contributed by atoms with Crippen LogP contribution in [0.3, 0.4) is 0 Å². The molecule has 2 aliphatic rings. The van der Waals surface area contributed by atoms with E-state index in [2.05, 4.69) is 70.2 Å². The first kappa shape index (κ1) is 30.8. The number of fused-ring (bicyclic) bond motifs is 2. The number of nitrogens with one attached hydrogen (secondary N) is 1. The molecule has 2 atom stereocenters. The molecule has 0 saturated carbocycles. The lowest BCUT2D eigenvalue weighted by Gasteiger charge is -2.29. The molecule has 0 fully saturated rings. The Morgan fingerprint density at radius 3 is 1.83 bits per heavy atom. The highest BCUT2D eigenvalue weighted by Gasteiger charge is 2.24. The van der Waals surface area contributed by atoms with Crippen LogP contribution in [0.4, 0.5) is 0 Å². The van der Waals surface area contributed by atoms with Crippen molar-refractivity contribution < 1.29 is 9.84 Å². The number of nitrogens with two attached hydrogens (primary N) is 1. The molecule has 8 heteroatoms. The lowest BCUT2D eigenvalue weighted by molar-refractivity contribution is 0.218. The zero-order chi connectivity index (χ0) is 29.9. The van der Waals surface area contributed by atoms with Gasteiger partial charge in [-0.15, -0.1) is 0 Å². The maximum Gasteiger partial charge on any atom is 0.279 e. The average molecular weight is 567 g/mol. The zero-order valence-corrected chi connectivity index (χ0v) is 24.8. The fourth-order valence-electron chi connectivity index (χ4n) is 6.01. The van der Waals surface area contributed by atoms with E-state index in [1.807, 2.05) is 24.8 Å². The van der Waals surface area contributed by atoms with Gasteiger partial charge in [0.25, 0.3) is 6.02 Å². The number of amidine groups is 1. The Morgan fingerprint density at radius 1 is 0.833 bits per heavy atom. The van der Waals surface area contributed by atoms with Crippen LogP contribution >= 0.6 is 0 Å². The van der Waals surface area contributed by atoms with E-state index in [-0.39, 0.29) is 6.02 Å². The van der Waals surface area contributed by atoms with E-state index in [0.29, 0.717) is 12.5 Å².